The lowest BCUT2D eigenvalue weighted by molar-refractivity contribution is 0.632. The lowest BCUT2D eigenvalue weighted by Gasteiger charge is -2.24. The van der Waals surface area contributed by atoms with E-state index in [1.807, 2.05) is 12.4 Å². The molecular weight excluding hydrogens is 160 g/mol. The third-order valence-electron chi connectivity index (χ3n) is 2.64. The first-order valence-electron chi connectivity index (χ1n) is 4.51. The molecule has 2 atom stereocenters. The Kier molecular flexibility index (Phi) is 1.30. The molecule has 64 valence electrons. The van der Waals surface area contributed by atoms with Crippen LogP contribution >= 0.6 is 0 Å². The summed E-state index contributed by atoms with van der Waals surface area (Å²) in [5.74, 6) is 2.08. The van der Waals surface area contributed by atoms with Gasteiger partial charge in [-0.1, -0.05) is 30.4 Å². The molecule has 0 spiro atoms. The van der Waals surface area contributed by atoms with Gasteiger partial charge in [0.25, 0.3) is 0 Å². The standard InChI is InChI=1S/C11H10N2/c1-2-4-10-9(3-1)5-7-13-8-6-12-11(10)13/h1-10H. The quantitative estimate of drug-likeness (QED) is 0.583. The van der Waals surface area contributed by atoms with Gasteiger partial charge in [-0.2, -0.15) is 0 Å². The molecule has 0 N–H and O–H groups in total. The third-order valence-corrected chi connectivity index (χ3v) is 2.64. The Hall–Kier alpha value is -1.57. The van der Waals surface area contributed by atoms with Crippen molar-refractivity contribution in [3.05, 3.63) is 48.6 Å². The maximum absolute atomic E-state index is 4.37. The number of hydrogen-bond acceptors (Lipinski definition) is 1. The molecule has 2 unspecified atom stereocenters. The van der Waals surface area contributed by atoms with Crippen molar-refractivity contribution < 1.29 is 0 Å². The zero-order chi connectivity index (χ0) is 8.67. The number of imidazole rings is 1. The van der Waals surface area contributed by atoms with Crippen LogP contribution in [0.3, 0.4) is 0 Å². The molecule has 1 aliphatic heterocycles. The lowest BCUT2D eigenvalue weighted by Crippen LogP contribution is -2.16. The Morgan fingerprint density at radius 3 is 3.08 bits per heavy atom. The minimum Gasteiger partial charge on any atom is -0.310 e. The number of nitrogens with zero attached hydrogens (tertiary/aromatic N) is 2. The van der Waals surface area contributed by atoms with E-state index in [0.717, 1.165) is 5.82 Å². The molecule has 0 amide bonds. The molecule has 0 radical (unpaired) electrons. The first-order chi connectivity index (χ1) is 6.45. The predicted molar refractivity (Wildman–Crippen MR) is 52.1 cm³/mol. The summed E-state index contributed by atoms with van der Waals surface area (Å²) >= 11 is 0. The molecule has 1 aromatic rings. The number of rotatable bonds is 0. The van der Waals surface area contributed by atoms with Gasteiger partial charge in [-0.05, 0) is 0 Å². The Bertz CT molecular complexity index is 409. The van der Waals surface area contributed by atoms with Crippen LogP contribution in [0, 0.1) is 5.92 Å². The number of aromatic nitrogens is 2. The van der Waals surface area contributed by atoms with E-state index in [9.17, 15) is 0 Å². The van der Waals surface area contributed by atoms with Gasteiger partial charge in [0, 0.05) is 30.4 Å². The largest absolute Gasteiger partial charge is 0.310 e. The van der Waals surface area contributed by atoms with E-state index in [2.05, 4.69) is 46.1 Å². The van der Waals surface area contributed by atoms with Crippen LogP contribution < -0.4 is 0 Å². The highest BCUT2D eigenvalue weighted by Gasteiger charge is 2.24. The van der Waals surface area contributed by atoms with Crippen molar-refractivity contribution in [3.63, 3.8) is 0 Å². The second-order valence-corrected chi connectivity index (χ2v) is 3.41. The van der Waals surface area contributed by atoms with E-state index in [1.54, 1.807) is 0 Å². The molecule has 2 nitrogen and oxygen atoms in total. The molecule has 0 fully saturated rings. The van der Waals surface area contributed by atoms with Crippen molar-refractivity contribution >= 4 is 6.20 Å². The van der Waals surface area contributed by atoms with Crippen molar-refractivity contribution in [2.75, 3.05) is 0 Å². The van der Waals surface area contributed by atoms with Crippen molar-refractivity contribution in [2.24, 2.45) is 5.92 Å². The van der Waals surface area contributed by atoms with Crippen molar-refractivity contribution in [3.8, 4) is 0 Å². The monoisotopic (exact) mass is 170 g/mol. The lowest BCUT2D eigenvalue weighted by atomic mass is 9.86. The second kappa shape index (κ2) is 2.46. The molecule has 13 heavy (non-hydrogen) atoms. The molecule has 0 saturated heterocycles. The van der Waals surface area contributed by atoms with Gasteiger partial charge in [0.15, 0.2) is 0 Å². The summed E-state index contributed by atoms with van der Waals surface area (Å²) in [6, 6.07) is 0. The van der Waals surface area contributed by atoms with E-state index in [4.69, 9.17) is 0 Å². The Labute approximate surface area is 76.9 Å². The van der Waals surface area contributed by atoms with E-state index in [-0.39, 0.29) is 0 Å². The molecule has 2 aliphatic rings. The molecule has 3 rings (SSSR count). The van der Waals surface area contributed by atoms with Crippen molar-refractivity contribution in [2.45, 2.75) is 5.92 Å². The summed E-state index contributed by atoms with van der Waals surface area (Å²) in [7, 11) is 0. The first kappa shape index (κ1) is 6.89. The highest BCUT2D eigenvalue weighted by atomic mass is 15.1. The van der Waals surface area contributed by atoms with Crippen LogP contribution in [-0.4, -0.2) is 9.55 Å². The minimum atomic E-state index is 0.435. The van der Waals surface area contributed by atoms with Gasteiger partial charge < -0.3 is 4.57 Å². The van der Waals surface area contributed by atoms with Crippen molar-refractivity contribution in [1.29, 1.82) is 0 Å². The SMILES string of the molecule is C1=CC2C=Cn3ccnc3C2C=C1. The fourth-order valence-electron chi connectivity index (χ4n) is 1.97. The normalized spacial score (nSPS) is 28.6. The molecule has 0 aromatic carbocycles. The van der Waals surface area contributed by atoms with Crippen LogP contribution in [-0.2, 0) is 0 Å². The second-order valence-electron chi connectivity index (χ2n) is 3.41. The van der Waals surface area contributed by atoms with E-state index < -0.39 is 0 Å². The number of fused-ring (bicyclic) bond motifs is 3. The Morgan fingerprint density at radius 2 is 2.08 bits per heavy atom. The fourth-order valence-corrected chi connectivity index (χ4v) is 1.97. The molecule has 1 aromatic heterocycles. The van der Waals surface area contributed by atoms with Crippen molar-refractivity contribution in [1.82, 2.24) is 9.55 Å². The third kappa shape index (κ3) is 0.917. The fraction of sp³-hybridized carbons (Fsp3) is 0.182. The van der Waals surface area contributed by atoms with Gasteiger partial charge in [-0.3, -0.25) is 0 Å². The molecule has 0 bridgehead atoms. The number of allylic oxidation sites excluding steroid dienone is 5. The summed E-state index contributed by atoms with van der Waals surface area (Å²) in [6.07, 6.45) is 16.8. The summed E-state index contributed by atoms with van der Waals surface area (Å²) in [5, 5.41) is 0. The average Bonchev–Trinajstić information content (AvgIpc) is 2.65. The highest BCUT2D eigenvalue weighted by Crippen LogP contribution is 2.33. The van der Waals surface area contributed by atoms with E-state index in [0.29, 0.717) is 11.8 Å². The van der Waals surface area contributed by atoms with Gasteiger partial charge in [0.2, 0.25) is 0 Å². The molecular formula is C11H10N2. The van der Waals surface area contributed by atoms with Crippen LogP contribution in [0.15, 0.2) is 42.8 Å². The summed E-state index contributed by atoms with van der Waals surface area (Å²) in [5.41, 5.74) is 0. The minimum absolute atomic E-state index is 0.435. The smallest absolute Gasteiger partial charge is 0.120 e. The Balaban J connectivity index is 2.15. The maximum atomic E-state index is 4.37. The Morgan fingerprint density at radius 1 is 1.15 bits per heavy atom. The van der Waals surface area contributed by atoms with E-state index >= 15 is 0 Å². The molecule has 2 heteroatoms. The molecule has 0 saturated carbocycles. The predicted octanol–water partition coefficient (Wildman–Crippen LogP) is 2.19. The van der Waals surface area contributed by atoms with Crippen LogP contribution in [0.1, 0.15) is 11.7 Å². The zero-order valence-electron chi connectivity index (χ0n) is 7.17. The average molecular weight is 170 g/mol. The highest BCUT2D eigenvalue weighted by molar-refractivity contribution is 5.39. The van der Waals surface area contributed by atoms with Gasteiger partial charge in [0.05, 0.1) is 0 Å². The maximum Gasteiger partial charge on any atom is 0.120 e. The molecule has 1 aliphatic carbocycles. The van der Waals surface area contributed by atoms with Crippen LogP contribution in [0.2, 0.25) is 0 Å². The van der Waals surface area contributed by atoms with Gasteiger partial charge in [-0.15, -0.1) is 0 Å². The summed E-state index contributed by atoms with van der Waals surface area (Å²) < 4.78 is 2.09. The van der Waals surface area contributed by atoms with Crippen LogP contribution in [0.5, 0.6) is 0 Å². The number of hydrogen-bond donors (Lipinski definition) is 0. The van der Waals surface area contributed by atoms with Gasteiger partial charge in [0.1, 0.15) is 5.82 Å². The summed E-state index contributed by atoms with van der Waals surface area (Å²) in [6.45, 7) is 0. The van der Waals surface area contributed by atoms with E-state index in [1.165, 1.54) is 0 Å². The molecule has 2 heterocycles. The van der Waals surface area contributed by atoms with Crippen LogP contribution in [0.4, 0.5) is 0 Å². The zero-order valence-corrected chi connectivity index (χ0v) is 7.17. The van der Waals surface area contributed by atoms with Gasteiger partial charge in [-0.25, -0.2) is 4.98 Å². The van der Waals surface area contributed by atoms with Gasteiger partial charge >= 0.3 is 0 Å². The topological polar surface area (TPSA) is 17.8 Å². The first-order valence-corrected chi connectivity index (χ1v) is 4.51. The van der Waals surface area contributed by atoms with Crippen LogP contribution in [0.25, 0.3) is 6.20 Å². The summed E-state index contributed by atoms with van der Waals surface area (Å²) in [4.78, 5) is 4.37.